The van der Waals surface area contributed by atoms with E-state index in [1.54, 1.807) is 29.7 Å². The molecule has 1 aliphatic rings. The number of hydrazine groups is 2. The van der Waals surface area contributed by atoms with Crippen LogP contribution < -0.4 is 21.8 Å². The highest BCUT2D eigenvalue weighted by atomic mass is 15.8. The van der Waals surface area contributed by atoms with Crippen molar-refractivity contribution in [3.63, 3.8) is 0 Å². The lowest BCUT2D eigenvalue weighted by Crippen LogP contribution is -2.37. The smallest absolute Gasteiger partial charge is 0.150 e. The molecule has 6 heteroatoms. The van der Waals surface area contributed by atoms with E-state index < -0.39 is 0 Å². The van der Waals surface area contributed by atoms with Crippen LogP contribution in [0.25, 0.3) is 0 Å². The van der Waals surface area contributed by atoms with Crippen LogP contribution in [0.1, 0.15) is 0 Å². The van der Waals surface area contributed by atoms with E-state index in [0.717, 1.165) is 5.82 Å². The van der Waals surface area contributed by atoms with E-state index in [0.29, 0.717) is 5.69 Å². The van der Waals surface area contributed by atoms with Gasteiger partial charge in [0.25, 0.3) is 0 Å². The standard InChI is InChI=1S/C6H8N6/c7-5-1-2-6(8-3-5)12-4-9-10-11-12/h1-4,10-11H,7H2. The molecule has 2 heterocycles. The van der Waals surface area contributed by atoms with Gasteiger partial charge in [-0.1, -0.05) is 0 Å². The molecule has 62 valence electrons. The molecular formula is C6H8N6. The van der Waals surface area contributed by atoms with Crippen LogP contribution in [0.3, 0.4) is 0 Å². The normalized spacial score (nSPS) is 14.8. The zero-order chi connectivity index (χ0) is 8.39. The maximum Gasteiger partial charge on any atom is 0.150 e. The first kappa shape index (κ1) is 6.86. The van der Waals surface area contributed by atoms with E-state index in [9.17, 15) is 0 Å². The number of pyridine rings is 1. The lowest BCUT2D eigenvalue weighted by Gasteiger charge is -2.11. The number of nitrogens with zero attached hydrogens (tertiary/aromatic N) is 3. The van der Waals surface area contributed by atoms with Gasteiger partial charge in [-0.05, 0) is 12.1 Å². The van der Waals surface area contributed by atoms with Crippen LogP contribution in [0.4, 0.5) is 11.5 Å². The van der Waals surface area contributed by atoms with Crippen molar-refractivity contribution in [1.29, 1.82) is 0 Å². The predicted octanol–water partition coefficient (Wildman–Crippen LogP) is -0.564. The number of nitrogen functional groups attached to an aromatic ring is 1. The van der Waals surface area contributed by atoms with Gasteiger partial charge in [0, 0.05) is 0 Å². The molecule has 0 aliphatic carbocycles. The van der Waals surface area contributed by atoms with Gasteiger partial charge in [0.05, 0.1) is 11.9 Å². The molecule has 0 saturated carbocycles. The molecule has 0 atom stereocenters. The van der Waals surface area contributed by atoms with Gasteiger partial charge in [-0.15, -0.1) is 5.53 Å². The Kier molecular flexibility index (Phi) is 1.52. The first-order valence-corrected chi connectivity index (χ1v) is 3.41. The monoisotopic (exact) mass is 164 g/mol. The number of aromatic nitrogens is 1. The van der Waals surface area contributed by atoms with Gasteiger partial charge in [-0.3, -0.25) is 0 Å². The third-order valence-electron chi connectivity index (χ3n) is 1.43. The molecule has 0 spiro atoms. The van der Waals surface area contributed by atoms with Gasteiger partial charge in [-0.2, -0.15) is 5.10 Å². The van der Waals surface area contributed by atoms with Crippen molar-refractivity contribution >= 4 is 17.8 Å². The van der Waals surface area contributed by atoms with Crippen LogP contribution in [0.2, 0.25) is 0 Å². The maximum atomic E-state index is 5.47. The summed E-state index contributed by atoms with van der Waals surface area (Å²) in [6.07, 6.45) is 3.17. The van der Waals surface area contributed by atoms with E-state index >= 15 is 0 Å². The average Bonchev–Trinajstić information content (AvgIpc) is 2.58. The minimum atomic E-state index is 0.642. The molecule has 0 amide bonds. The largest absolute Gasteiger partial charge is 0.397 e. The quantitative estimate of drug-likeness (QED) is 0.518. The van der Waals surface area contributed by atoms with E-state index in [-0.39, 0.29) is 0 Å². The van der Waals surface area contributed by atoms with Crippen molar-refractivity contribution in [1.82, 2.24) is 16.1 Å². The molecule has 0 aromatic carbocycles. The number of anilines is 2. The molecule has 0 unspecified atom stereocenters. The van der Waals surface area contributed by atoms with Crippen molar-refractivity contribution in [3.05, 3.63) is 18.3 Å². The molecule has 1 aromatic rings. The van der Waals surface area contributed by atoms with Gasteiger partial charge in [0.2, 0.25) is 0 Å². The Hall–Kier alpha value is -1.82. The van der Waals surface area contributed by atoms with Gasteiger partial charge in [0.15, 0.2) is 0 Å². The highest BCUT2D eigenvalue weighted by Crippen LogP contribution is 2.09. The van der Waals surface area contributed by atoms with Crippen LogP contribution >= 0.6 is 0 Å². The lowest BCUT2D eigenvalue weighted by atomic mass is 10.4. The second-order valence-corrected chi connectivity index (χ2v) is 2.29. The molecule has 2 rings (SSSR count). The number of hydrazone groups is 1. The number of hydrogen-bond donors (Lipinski definition) is 3. The van der Waals surface area contributed by atoms with Crippen molar-refractivity contribution in [2.24, 2.45) is 5.10 Å². The summed E-state index contributed by atoms with van der Waals surface area (Å²) in [5, 5.41) is 5.37. The topological polar surface area (TPSA) is 78.6 Å². The highest BCUT2D eigenvalue weighted by Gasteiger charge is 2.06. The molecular weight excluding hydrogens is 156 g/mol. The van der Waals surface area contributed by atoms with Gasteiger partial charge >= 0.3 is 0 Å². The summed E-state index contributed by atoms with van der Waals surface area (Å²) in [4.78, 5) is 4.07. The van der Waals surface area contributed by atoms with Gasteiger partial charge in [-0.25, -0.2) is 15.5 Å². The second-order valence-electron chi connectivity index (χ2n) is 2.29. The first-order valence-electron chi connectivity index (χ1n) is 3.41. The molecule has 1 aliphatic heterocycles. The third kappa shape index (κ3) is 1.15. The zero-order valence-electron chi connectivity index (χ0n) is 6.23. The van der Waals surface area contributed by atoms with Gasteiger partial charge < -0.3 is 5.73 Å². The number of hydrogen-bond acceptors (Lipinski definition) is 6. The number of nitrogens with two attached hydrogens (primary N) is 1. The van der Waals surface area contributed by atoms with E-state index in [1.807, 2.05) is 0 Å². The lowest BCUT2D eigenvalue weighted by molar-refractivity contribution is 0.620. The van der Waals surface area contributed by atoms with Crippen LogP contribution in [-0.4, -0.2) is 11.3 Å². The van der Waals surface area contributed by atoms with E-state index in [4.69, 9.17) is 5.73 Å². The van der Waals surface area contributed by atoms with Crippen LogP contribution in [0.15, 0.2) is 23.4 Å². The SMILES string of the molecule is Nc1ccc(N2C=NNN2)nc1. The van der Waals surface area contributed by atoms with Crippen molar-refractivity contribution < 1.29 is 0 Å². The Morgan fingerprint density at radius 1 is 1.42 bits per heavy atom. The average molecular weight is 164 g/mol. The summed E-state index contributed by atoms with van der Waals surface area (Å²) < 4.78 is 0. The molecule has 0 radical (unpaired) electrons. The van der Waals surface area contributed by atoms with Crippen molar-refractivity contribution in [3.8, 4) is 0 Å². The summed E-state index contributed by atoms with van der Waals surface area (Å²) in [5.74, 6) is 0.734. The van der Waals surface area contributed by atoms with Crippen molar-refractivity contribution in [2.45, 2.75) is 0 Å². The Bertz CT molecular complexity index is 291. The van der Waals surface area contributed by atoms with E-state index in [1.165, 1.54) is 0 Å². The van der Waals surface area contributed by atoms with Crippen molar-refractivity contribution in [2.75, 3.05) is 10.7 Å². The molecule has 12 heavy (non-hydrogen) atoms. The Labute approximate surface area is 69.0 Å². The fraction of sp³-hybridized carbons (Fsp3) is 0. The number of rotatable bonds is 1. The third-order valence-corrected chi connectivity index (χ3v) is 1.43. The highest BCUT2D eigenvalue weighted by molar-refractivity contribution is 5.77. The predicted molar refractivity (Wildman–Crippen MR) is 45.9 cm³/mol. The molecule has 0 bridgehead atoms. The summed E-state index contributed by atoms with van der Waals surface area (Å²) >= 11 is 0. The minimum Gasteiger partial charge on any atom is -0.397 e. The molecule has 0 fully saturated rings. The Morgan fingerprint density at radius 3 is 2.92 bits per heavy atom. The summed E-state index contributed by atoms with van der Waals surface area (Å²) in [6, 6.07) is 3.57. The first-order chi connectivity index (χ1) is 5.86. The number of nitrogens with one attached hydrogen (secondary N) is 2. The molecule has 1 aromatic heterocycles. The van der Waals surface area contributed by atoms with Gasteiger partial charge in [0.1, 0.15) is 12.2 Å². The fourth-order valence-electron chi connectivity index (χ4n) is 0.855. The summed E-state index contributed by atoms with van der Waals surface area (Å²) in [7, 11) is 0. The molecule has 6 nitrogen and oxygen atoms in total. The molecule has 0 saturated heterocycles. The fourth-order valence-corrected chi connectivity index (χ4v) is 0.855. The molecule has 4 N–H and O–H groups in total. The Morgan fingerprint density at radius 2 is 2.33 bits per heavy atom. The van der Waals surface area contributed by atoms with Crippen LogP contribution in [0.5, 0.6) is 0 Å². The zero-order valence-corrected chi connectivity index (χ0v) is 6.23. The minimum absolute atomic E-state index is 0.642. The van der Waals surface area contributed by atoms with E-state index in [2.05, 4.69) is 21.2 Å². The van der Waals surface area contributed by atoms with Crippen LogP contribution in [0, 0.1) is 0 Å². The summed E-state index contributed by atoms with van der Waals surface area (Å²) in [6.45, 7) is 0. The second kappa shape index (κ2) is 2.67. The maximum absolute atomic E-state index is 5.47. The van der Waals surface area contributed by atoms with Crippen LogP contribution in [-0.2, 0) is 0 Å². The Balaban J connectivity index is 2.23. The summed E-state index contributed by atoms with van der Waals surface area (Å²) in [5.41, 5.74) is 11.4.